The summed E-state index contributed by atoms with van der Waals surface area (Å²) in [6, 6.07) is 0. The highest BCUT2D eigenvalue weighted by atomic mass is 127. The van der Waals surface area contributed by atoms with E-state index in [1.807, 2.05) is 13.8 Å². The first kappa shape index (κ1) is 18.4. The van der Waals surface area contributed by atoms with Gasteiger partial charge in [-0.15, -0.1) is 0 Å². The highest BCUT2D eigenvalue weighted by Crippen LogP contribution is 2.47. The number of hydrogen-bond acceptors (Lipinski definition) is 4. The number of ether oxygens (including phenoxy) is 2. The number of carbonyl (C=O) groups excluding carboxylic acids is 1. The van der Waals surface area contributed by atoms with Crippen molar-refractivity contribution in [3.8, 4) is 0 Å². The van der Waals surface area contributed by atoms with Gasteiger partial charge in [-0.1, -0.05) is 67.8 Å². The smallest absolute Gasteiger partial charge is 0.410 e. The van der Waals surface area contributed by atoms with E-state index in [2.05, 4.69) is 67.8 Å². The van der Waals surface area contributed by atoms with Crippen LogP contribution in [-0.4, -0.2) is 53.5 Å². The molecule has 0 aromatic rings. The van der Waals surface area contributed by atoms with Crippen LogP contribution in [0.1, 0.15) is 20.3 Å². The summed E-state index contributed by atoms with van der Waals surface area (Å²) in [5, 5.41) is 9.17. The molecule has 112 valence electrons. The Morgan fingerprint density at radius 2 is 2.11 bits per heavy atom. The van der Waals surface area contributed by atoms with Crippen molar-refractivity contribution >= 4 is 73.9 Å². The lowest BCUT2D eigenvalue weighted by Crippen LogP contribution is -2.46. The van der Waals surface area contributed by atoms with Crippen molar-refractivity contribution in [3.63, 3.8) is 0 Å². The monoisotopic (exact) mass is 609 g/mol. The minimum Gasteiger partial charge on any atom is -0.440 e. The summed E-state index contributed by atoms with van der Waals surface area (Å²) in [6.07, 6.45) is 0.0978. The maximum absolute atomic E-state index is 12.2. The standard InChI is InChI=1S/C11H18I3NO4/c1-10(2,11(12,13)14)19-9(17)15-4-3-5-18-8(6-15)7-16/h8,16H,3-7H2,1-2H3/t8-/m0/s1. The normalized spacial score (nSPS) is 22.0. The number of aliphatic hydroxyl groups excluding tert-OH is 1. The number of halogens is 3. The lowest BCUT2D eigenvalue weighted by Gasteiger charge is -2.35. The molecule has 1 rings (SSSR count). The third-order valence-electron chi connectivity index (χ3n) is 2.84. The van der Waals surface area contributed by atoms with Crippen LogP contribution in [0.4, 0.5) is 4.79 Å². The van der Waals surface area contributed by atoms with Gasteiger partial charge < -0.3 is 19.5 Å². The molecule has 1 fully saturated rings. The van der Waals surface area contributed by atoms with Gasteiger partial charge in [0.1, 0.15) is 5.60 Å². The van der Waals surface area contributed by atoms with Crippen molar-refractivity contribution < 1.29 is 19.4 Å². The van der Waals surface area contributed by atoms with E-state index in [0.29, 0.717) is 19.7 Å². The van der Waals surface area contributed by atoms with Crippen LogP contribution in [0, 0.1) is 0 Å². The van der Waals surface area contributed by atoms with Crippen LogP contribution in [0.3, 0.4) is 0 Å². The van der Waals surface area contributed by atoms with E-state index in [4.69, 9.17) is 9.47 Å². The second-order valence-electron chi connectivity index (χ2n) is 4.85. The Kier molecular flexibility index (Phi) is 7.36. The Labute approximate surface area is 154 Å². The number of nitrogens with zero attached hydrogens (tertiary/aromatic N) is 1. The quantitative estimate of drug-likeness (QED) is 0.396. The second-order valence-corrected chi connectivity index (χ2v) is 15.9. The maximum Gasteiger partial charge on any atom is 0.410 e. The maximum atomic E-state index is 12.2. The first-order chi connectivity index (χ1) is 8.67. The van der Waals surface area contributed by atoms with Crippen LogP contribution < -0.4 is 0 Å². The molecule has 0 bridgehead atoms. The van der Waals surface area contributed by atoms with Crippen molar-refractivity contribution in [2.45, 2.75) is 31.4 Å². The molecule has 0 aromatic carbocycles. The fourth-order valence-corrected chi connectivity index (χ4v) is 1.84. The number of rotatable bonds is 3. The van der Waals surface area contributed by atoms with Gasteiger partial charge in [0.15, 0.2) is -0.565 Å². The third kappa shape index (κ3) is 5.58. The predicted molar refractivity (Wildman–Crippen MR) is 98.4 cm³/mol. The van der Waals surface area contributed by atoms with Gasteiger partial charge in [-0.25, -0.2) is 4.79 Å². The average Bonchev–Trinajstić information content (AvgIpc) is 2.51. The zero-order chi connectivity index (χ0) is 14.7. The van der Waals surface area contributed by atoms with Crippen LogP contribution >= 0.6 is 67.8 Å². The molecule has 8 heteroatoms. The second kappa shape index (κ2) is 7.58. The zero-order valence-corrected chi connectivity index (χ0v) is 17.3. The molecule has 0 unspecified atom stereocenters. The SMILES string of the molecule is CC(C)(OC(=O)N1CCCO[C@H](CO)C1)C(I)(I)I. The molecular weight excluding hydrogens is 591 g/mol. The highest BCUT2D eigenvalue weighted by Gasteiger charge is 2.43. The summed E-state index contributed by atoms with van der Waals surface area (Å²) in [6.45, 7) is 5.25. The first-order valence-electron chi connectivity index (χ1n) is 5.94. The summed E-state index contributed by atoms with van der Waals surface area (Å²) in [7, 11) is 0. The Balaban J connectivity index is 2.66. The van der Waals surface area contributed by atoms with Gasteiger partial charge in [0.25, 0.3) is 0 Å². The number of amides is 1. The van der Waals surface area contributed by atoms with Gasteiger partial charge in [0.2, 0.25) is 0 Å². The Morgan fingerprint density at radius 3 is 2.63 bits per heavy atom. The molecule has 19 heavy (non-hydrogen) atoms. The number of aliphatic hydroxyl groups is 1. The fraction of sp³-hybridized carbons (Fsp3) is 0.909. The lowest BCUT2D eigenvalue weighted by atomic mass is 10.2. The predicted octanol–water partition coefficient (Wildman–Crippen LogP) is 2.94. The molecule has 1 heterocycles. The van der Waals surface area contributed by atoms with Crippen molar-refractivity contribution in [1.82, 2.24) is 4.90 Å². The molecule has 1 amide bonds. The van der Waals surface area contributed by atoms with Crippen LogP contribution in [0.5, 0.6) is 0 Å². The third-order valence-corrected chi connectivity index (χ3v) is 6.73. The molecule has 1 N–H and O–H groups in total. The molecule has 1 aliphatic rings. The van der Waals surface area contributed by atoms with Crippen molar-refractivity contribution in [2.75, 3.05) is 26.3 Å². The number of carbonyl (C=O) groups is 1. The molecule has 1 saturated heterocycles. The topological polar surface area (TPSA) is 59.0 Å². The van der Waals surface area contributed by atoms with Gasteiger partial charge >= 0.3 is 6.09 Å². The molecule has 0 saturated carbocycles. The number of hydrogen-bond donors (Lipinski definition) is 1. The average molecular weight is 609 g/mol. The zero-order valence-electron chi connectivity index (χ0n) is 10.9. The van der Waals surface area contributed by atoms with E-state index in [1.54, 1.807) is 4.90 Å². The van der Waals surface area contributed by atoms with E-state index < -0.39 is 5.60 Å². The highest BCUT2D eigenvalue weighted by molar-refractivity contribution is 14.3. The number of alkyl halides is 3. The summed E-state index contributed by atoms with van der Waals surface area (Å²) >= 11 is 6.77. The van der Waals surface area contributed by atoms with E-state index in [1.165, 1.54) is 0 Å². The van der Waals surface area contributed by atoms with E-state index >= 15 is 0 Å². The van der Waals surface area contributed by atoms with E-state index in [0.717, 1.165) is 6.42 Å². The Morgan fingerprint density at radius 1 is 1.47 bits per heavy atom. The largest absolute Gasteiger partial charge is 0.440 e. The van der Waals surface area contributed by atoms with Crippen LogP contribution in [0.2, 0.25) is 0 Å². The van der Waals surface area contributed by atoms with Gasteiger partial charge in [0, 0.05) is 13.2 Å². The minimum atomic E-state index is -0.590. The van der Waals surface area contributed by atoms with Crippen molar-refractivity contribution in [2.24, 2.45) is 0 Å². The van der Waals surface area contributed by atoms with Gasteiger partial charge in [-0.2, -0.15) is 0 Å². The van der Waals surface area contributed by atoms with Gasteiger partial charge in [-0.05, 0) is 20.3 Å². The molecule has 5 nitrogen and oxygen atoms in total. The first-order valence-corrected chi connectivity index (χ1v) is 9.18. The molecule has 0 aromatic heterocycles. The Bertz CT molecular complexity index is 320. The fourth-order valence-electron chi connectivity index (χ4n) is 1.51. The molecule has 1 aliphatic heterocycles. The summed E-state index contributed by atoms with van der Waals surface area (Å²) in [4.78, 5) is 13.8. The van der Waals surface area contributed by atoms with Crippen molar-refractivity contribution in [3.05, 3.63) is 0 Å². The van der Waals surface area contributed by atoms with E-state index in [-0.39, 0.29) is 18.2 Å². The Hall–Kier alpha value is 1.38. The molecule has 1 atom stereocenters. The molecule has 0 radical (unpaired) electrons. The summed E-state index contributed by atoms with van der Waals surface area (Å²) in [5.41, 5.74) is -0.590. The summed E-state index contributed by atoms with van der Waals surface area (Å²) < 4.78 is 10.8. The van der Waals surface area contributed by atoms with Gasteiger partial charge in [0.05, 0.1) is 19.3 Å². The summed E-state index contributed by atoms with van der Waals surface area (Å²) in [5.74, 6) is 0. The molecule has 0 aliphatic carbocycles. The van der Waals surface area contributed by atoms with Gasteiger partial charge in [-0.3, -0.25) is 0 Å². The van der Waals surface area contributed by atoms with Crippen LogP contribution in [-0.2, 0) is 9.47 Å². The lowest BCUT2D eigenvalue weighted by molar-refractivity contribution is -0.000872. The van der Waals surface area contributed by atoms with Crippen molar-refractivity contribution in [1.29, 1.82) is 0 Å². The molecular formula is C11H18I3NO4. The molecule has 0 spiro atoms. The van der Waals surface area contributed by atoms with Crippen LogP contribution in [0.25, 0.3) is 0 Å². The van der Waals surface area contributed by atoms with E-state index in [9.17, 15) is 9.90 Å². The van der Waals surface area contributed by atoms with Crippen LogP contribution in [0.15, 0.2) is 0 Å². The minimum absolute atomic E-state index is 0.0814.